The Morgan fingerprint density at radius 3 is 2.56 bits per heavy atom. The number of hydrogen-bond donors (Lipinski definition) is 1. The lowest BCUT2D eigenvalue weighted by molar-refractivity contribution is -0.162. The second kappa shape index (κ2) is 4.35. The Morgan fingerprint density at radius 1 is 1.44 bits per heavy atom. The molecule has 0 aromatic heterocycles. The molecule has 2 rings (SSSR count). The highest BCUT2D eigenvalue weighted by Gasteiger charge is 2.32. The number of rotatable bonds is 3. The first kappa shape index (κ1) is 10.7. The summed E-state index contributed by atoms with van der Waals surface area (Å²) in [5.74, 6) is -0.595. The molecule has 16 heavy (non-hydrogen) atoms. The van der Waals surface area contributed by atoms with Crippen LogP contribution in [-0.2, 0) is 16.0 Å². The Balaban J connectivity index is 2.00. The van der Waals surface area contributed by atoms with Crippen molar-refractivity contribution in [1.82, 2.24) is 5.32 Å². The lowest BCUT2D eigenvalue weighted by Crippen LogP contribution is -2.52. The molecule has 0 spiro atoms. The number of carbonyl (C=O) groups is 2. The van der Waals surface area contributed by atoms with Crippen LogP contribution in [0.1, 0.15) is 22.8 Å². The van der Waals surface area contributed by atoms with Gasteiger partial charge in [-0.05, 0) is 24.1 Å². The van der Waals surface area contributed by atoms with Gasteiger partial charge in [-0.15, -0.1) is 0 Å². The van der Waals surface area contributed by atoms with Crippen LogP contribution in [-0.4, -0.2) is 24.5 Å². The zero-order valence-electron chi connectivity index (χ0n) is 9.03. The number of nitrogens with one attached hydrogen (secondary N) is 1. The normalized spacial score (nSPS) is 18.6. The fourth-order valence-electron chi connectivity index (χ4n) is 1.47. The summed E-state index contributed by atoms with van der Waals surface area (Å²) in [4.78, 5) is 22.5. The first-order valence-electron chi connectivity index (χ1n) is 5.27. The molecule has 1 N–H and O–H groups in total. The zero-order valence-corrected chi connectivity index (χ0v) is 9.03. The minimum atomic E-state index is -0.474. The van der Waals surface area contributed by atoms with Crippen molar-refractivity contribution < 1.29 is 14.3 Å². The number of hydrogen-bond acceptors (Lipinski definition) is 3. The first-order chi connectivity index (χ1) is 7.70. The molecule has 84 valence electrons. The fraction of sp³-hybridized carbons (Fsp3) is 0.333. The van der Waals surface area contributed by atoms with Crippen molar-refractivity contribution >= 4 is 11.9 Å². The maximum atomic E-state index is 11.7. The molecule has 4 heteroatoms. The Bertz CT molecular complexity index is 411. The van der Waals surface area contributed by atoms with Crippen LogP contribution >= 0.6 is 0 Å². The van der Waals surface area contributed by atoms with Gasteiger partial charge in [0.1, 0.15) is 6.61 Å². The molecule has 1 aliphatic heterocycles. The smallest absolute Gasteiger partial charge is 0.332 e. The molecule has 0 radical (unpaired) electrons. The molecule has 0 aliphatic carbocycles. The standard InChI is InChI=1S/C12H13NO3/c1-2-8-3-5-9(6-4-8)11(14)13-10-7-16-12(10)15/h3-6,10H,2,7H2,1H3,(H,13,14)/t10-/m0/s1. The van der Waals surface area contributed by atoms with Gasteiger partial charge in [0.2, 0.25) is 0 Å². The third-order valence-corrected chi connectivity index (χ3v) is 2.61. The van der Waals surface area contributed by atoms with Gasteiger partial charge in [-0.3, -0.25) is 4.79 Å². The highest BCUT2D eigenvalue weighted by molar-refractivity contribution is 5.97. The van der Waals surface area contributed by atoms with Crippen LogP contribution in [0.15, 0.2) is 24.3 Å². The van der Waals surface area contributed by atoms with E-state index in [1.165, 1.54) is 5.56 Å². The van der Waals surface area contributed by atoms with Crippen molar-refractivity contribution in [2.45, 2.75) is 19.4 Å². The quantitative estimate of drug-likeness (QED) is 0.768. The number of benzene rings is 1. The van der Waals surface area contributed by atoms with Crippen LogP contribution in [0.2, 0.25) is 0 Å². The number of carbonyl (C=O) groups excluding carboxylic acids is 2. The third-order valence-electron chi connectivity index (χ3n) is 2.61. The maximum absolute atomic E-state index is 11.7. The van der Waals surface area contributed by atoms with E-state index in [1.54, 1.807) is 12.1 Å². The average Bonchev–Trinajstić information content (AvgIpc) is 2.34. The Hall–Kier alpha value is -1.84. The third kappa shape index (κ3) is 2.05. The van der Waals surface area contributed by atoms with Crippen LogP contribution in [0.25, 0.3) is 0 Å². The van der Waals surface area contributed by atoms with Crippen molar-refractivity contribution in [1.29, 1.82) is 0 Å². The highest BCUT2D eigenvalue weighted by atomic mass is 16.6. The van der Waals surface area contributed by atoms with Crippen LogP contribution in [0.3, 0.4) is 0 Å². The van der Waals surface area contributed by atoms with Gasteiger partial charge in [0.25, 0.3) is 5.91 Å². The topological polar surface area (TPSA) is 55.4 Å². The second-order valence-electron chi connectivity index (χ2n) is 3.71. The molecule has 1 aromatic carbocycles. The molecular formula is C12H13NO3. The minimum Gasteiger partial charge on any atom is -0.461 e. The van der Waals surface area contributed by atoms with Crippen molar-refractivity contribution in [3.8, 4) is 0 Å². The van der Waals surface area contributed by atoms with Gasteiger partial charge in [-0.25, -0.2) is 4.79 Å². The van der Waals surface area contributed by atoms with Crippen LogP contribution in [0.5, 0.6) is 0 Å². The van der Waals surface area contributed by atoms with Gasteiger partial charge in [0, 0.05) is 5.56 Å². The number of ether oxygens (including phenoxy) is 1. The predicted molar refractivity (Wildman–Crippen MR) is 58.0 cm³/mol. The van der Waals surface area contributed by atoms with E-state index in [1.807, 2.05) is 12.1 Å². The van der Waals surface area contributed by atoms with Gasteiger partial charge in [-0.2, -0.15) is 0 Å². The zero-order chi connectivity index (χ0) is 11.5. The lowest BCUT2D eigenvalue weighted by Gasteiger charge is -2.25. The Morgan fingerprint density at radius 2 is 2.12 bits per heavy atom. The van der Waals surface area contributed by atoms with Crippen molar-refractivity contribution in [3.05, 3.63) is 35.4 Å². The Labute approximate surface area is 93.6 Å². The van der Waals surface area contributed by atoms with Crippen molar-refractivity contribution in [3.63, 3.8) is 0 Å². The molecule has 1 atom stereocenters. The monoisotopic (exact) mass is 219 g/mol. The summed E-state index contributed by atoms with van der Waals surface area (Å²) in [6.07, 6.45) is 0.941. The van der Waals surface area contributed by atoms with E-state index in [4.69, 9.17) is 0 Å². The number of amides is 1. The molecule has 1 saturated heterocycles. The van der Waals surface area contributed by atoms with E-state index >= 15 is 0 Å². The summed E-state index contributed by atoms with van der Waals surface area (Å²) in [7, 11) is 0. The number of aryl methyl sites for hydroxylation is 1. The Kier molecular flexibility index (Phi) is 2.90. The van der Waals surface area contributed by atoms with Gasteiger partial charge in [0.05, 0.1) is 0 Å². The van der Waals surface area contributed by atoms with E-state index in [9.17, 15) is 9.59 Å². The van der Waals surface area contributed by atoms with Crippen LogP contribution in [0.4, 0.5) is 0 Å². The van der Waals surface area contributed by atoms with Crippen molar-refractivity contribution in [2.75, 3.05) is 6.61 Å². The second-order valence-corrected chi connectivity index (χ2v) is 3.71. The molecule has 1 aromatic rings. The van der Waals surface area contributed by atoms with E-state index in [2.05, 4.69) is 17.0 Å². The molecule has 1 aliphatic rings. The van der Waals surface area contributed by atoms with E-state index in [0.717, 1.165) is 6.42 Å². The molecular weight excluding hydrogens is 206 g/mol. The summed E-state index contributed by atoms with van der Waals surface area (Å²) in [6.45, 7) is 2.33. The van der Waals surface area contributed by atoms with Crippen LogP contribution in [0, 0.1) is 0 Å². The lowest BCUT2D eigenvalue weighted by atomic mass is 10.1. The summed E-state index contributed by atoms with van der Waals surface area (Å²) in [5, 5.41) is 2.61. The molecule has 1 fully saturated rings. The van der Waals surface area contributed by atoms with E-state index < -0.39 is 6.04 Å². The first-order valence-corrected chi connectivity index (χ1v) is 5.27. The van der Waals surface area contributed by atoms with Gasteiger partial charge in [-0.1, -0.05) is 19.1 Å². The summed E-state index contributed by atoms with van der Waals surface area (Å²) >= 11 is 0. The number of esters is 1. The van der Waals surface area contributed by atoms with Gasteiger partial charge < -0.3 is 10.1 Å². The van der Waals surface area contributed by atoms with E-state index in [-0.39, 0.29) is 18.5 Å². The van der Waals surface area contributed by atoms with Gasteiger partial charge in [0.15, 0.2) is 6.04 Å². The number of cyclic esters (lactones) is 1. The molecule has 0 unspecified atom stereocenters. The predicted octanol–water partition coefficient (Wildman–Crippen LogP) is 0.904. The highest BCUT2D eigenvalue weighted by Crippen LogP contribution is 2.07. The van der Waals surface area contributed by atoms with E-state index in [0.29, 0.717) is 5.56 Å². The summed E-state index contributed by atoms with van der Waals surface area (Å²) in [6, 6.07) is 6.87. The van der Waals surface area contributed by atoms with Gasteiger partial charge >= 0.3 is 5.97 Å². The largest absolute Gasteiger partial charge is 0.461 e. The SMILES string of the molecule is CCc1ccc(C(=O)N[C@H]2COC2=O)cc1. The molecule has 0 bridgehead atoms. The summed E-state index contributed by atoms with van der Waals surface area (Å²) in [5.41, 5.74) is 1.75. The summed E-state index contributed by atoms with van der Waals surface area (Å²) < 4.78 is 4.56. The molecule has 0 saturated carbocycles. The minimum absolute atomic E-state index is 0.232. The van der Waals surface area contributed by atoms with Crippen molar-refractivity contribution in [2.24, 2.45) is 0 Å². The average molecular weight is 219 g/mol. The van der Waals surface area contributed by atoms with Crippen LogP contribution < -0.4 is 5.32 Å². The fourth-order valence-corrected chi connectivity index (χ4v) is 1.47. The maximum Gasteiger partial charge on any atom is 0.332 e. The molecule has 1 amide bonds. The molecule has 1 heterocycles. The molecule has 4 nitrogen and oxygen atoms in total.